The molecule has 0 aliphatic rings. The predicted octanol–water partition coefficient (Wildman–Crippen LogP) is 4.44. The van der Waals surface area contributed by atoms with E-state index in [1.54, 1.807) is 0 Å². The molecule has 0 aliphatic heterocycles. The van der Waals surface area contributed by atoms with Gasteiger partial charge in [-0.1, -0.05) is 0 Å². The number of hydrogen-bond donors (Lipinski definition) is 0. The topological polar surface area (TPSA) is 9.23 Å². The Morgan fingerprint density at radius 3 is 1.33 bits per heavy atom. The Hall–Kier alpha value is 1.83. The zero-order valence-corrected chi connectivity index (χ0v) is 11.1. The van der Waals surface area contributed by atoms with Crippen molar-refractivity contribution in [1.29, 1.82) is 0 Å². The molecule has 0 bridgehead atoms. The fraction of sp³-hybridized carbons (Fsp3) is 1.00. The van der Waals surface area contributed by atoms with Crippen LogP contribution in [0.4, 0.5) is 0 Å². The highest BCUT2D eigenvalue weighted by Crippen LogP contribution is 2.59. The number of halogens is 3. The molecule has 0 aromatic carbocycles. The third-order valence-corrected chi connectivity index (χ3v) is 0.408. The van der Waals surface area contributed by atoms with Gasteiger partial charge >= 0.3 is 0 Å². The van der Waals surface area contributed by atoms with E-state index < -0.39 is 0 Å². The van der Waals surface area contributed by atoms with E-state index in [0.717, 1.165) is 13.2 Å². The molecule has 0 aromatic heterocycles. The molecule has 58 valence electrons. The molecule has 0 atom stereocenters. The van der Waals surface area contributed by atoms with Gasteiger partial charge in [0.25, 0.3) is 0 Å². The van der Waals surface area contributed by atoms with Crippen LogP contribution in [0.2, 0.25) is 0 Å². The Balaban J connectivity index is 0. The van der Waals surface area contributed by atoms with Crippen LogP contribution in [-0.4, -0.2) is 13.2 Å². The largest absolute Gasteiger partial charge is 0.382 e. The zero-order valence-electron chi connectivity index (χ0n) is 5.40. The van der Waals surface area contributed by atoms with E-state index in [4.69, 9.17) is 4.74 Å². The fourth-order valence-electron chi connectivity index (χ4n) is 0.204. The van der Waals surface area contributed by atoms with Crippen LogP contribution in [0.15, 0.2) is 0 Å². The minimum Gasteiger partial charge on any atom is -0.382 e. The Kier molecular flexibility index (Phi) is 18.6. The van der Waals surface area contributed by atoms with Crippen molar-refractivity contribution in [3.05, 3.63) is 0 Å². The van der Waals surface area contributed by atoms with E-state index in [9.17, 15) is 0 Å². The monoisotopic (exact) mass is 342 g/mol. The average molecular weight is 345 g/mol. The van der Waals surface area contributed by atoms with Crippen LogP contribution in [0.25, 0.3) is 0 Å². The summed E-state index contributed by atoms with van der Waals surface area (Å²) in [6.07, 6.45) is 0. The van der Waals surface area contributed by atoms with E-state index in [0.29, 0.717) is 0 Å². The number of ether oxygens (including phenoxy) is 1. The average Bonchev–Trinajstić information content (AvgIpc) is 1.66. The molecule has 0 unspecified atom stereocenters. The van der Waals surface area contributed by atoms with Gasteiger partial charge in [0.1, 0.15) is 4.03 Å². The minimum atomic E-state index is -0.183. The van der Waals surface area contributed by atoms with Crippen molar-refractivity contribution >= 4 is 50.5 Å². The molecule has 0 amide bonds. The summed E-state index contributed by atoms with van der Waals surface area (Å²) in [6.45, 7) is 5.67. The molecule has 0 radical (unpaired) electrons. The molecule has 0 fully saturated rings. The summed E-state index contributed by atoms with van der Waals surface area (Å²) in [7, 11) is 0. The molecule has 0 spiro atoms. The highest BCUT2D eigenvalue weighted by molar-refractivity contribution is 9.93. The van der Waals surface area contributed by atoms with Crippen LogP contribution < -0.4 is 0 Å². The summed E-state index contributed by atoms with van der Waals surface area (Å²) in [5, 5.41) is 0. The van der Waals surface area contributed by atoms with Gasteiger partial charge in [0, 0.05) is 13.2 Å². The lowest BCUT2D eigenvalue weighted by atomic mass is 10.8. The highest BCUT2D eigenvalue weighted by Gasteiger charge is 1.77. The van der Waals surface area contributed by atoms with Gasteiger partial charge in [0.15, 0.2) is 0 Å². The Bertz CT molecular complexity index is 40.0. The van der Waals surface area contributed by atoms with Crippen LogP contribution in [0.1, 0.15) is 13.8 Å². The van der Waals surface area contributed by atoms with Crippen molar-refractivity contribution in [1.82, 2.24) is 0 Å². The van der Waals surface area contributed by atoms with E-state index in [-0.39, 0.29) is 4.03 Å². The van der Waals surface area contributed by atoms with Gasteiger partial charge in [-0.2, -0.15) is 0 Å². The summed E-state index contributed by atoms with van der Waals surface area (Å²) in [5.41, 5.74) is 0. The molecule has 0 N–H and O–H groups in total. The zero-order chi connectivity index (χ0) is 7.70. The van der Waals surface area contributed by atoms with Crippen molar-refractivity contribution < 1.29 is 4.74 Å². The summed E-state index contributed by atoms with van der Waals surface area (Å²) in [6, 6.07) is 0. The van der Waals surface area contributed by atoms with Crippen LogP contribution in [0, 0.1) is 0 Å². The van der Waals surface area contributed by atoms with Crippen molar-refractivity contribution in [2.45, 2.75) is 13.8 Å². The second-order valence-electron chi connectivity index (χ2n) is 0.973. The van der Waals surface area contributed by atoms with Crippen molar-refractivity contribution in [3.8, 4) is 0 Å². The lowest BCUT2D eigenvalue weighted by molar-refractivity contribution is 0.162. The minimum absolute atomic E-state index is 0.183. The first kappa shape index (κ1) is 13.4. The SMILES string of the molecule is BrP(Br)Br.CCOCC. The van der Waals surface area contributed by atoms with Crippen molar-refractivity contribution in [2.75, 3.05) is 13.2 Å². The van der Waals surface area contributed by atoms with Gasteiger partial charge in [0.2, 0.25) is 0 Å². The standard InChI is InChI=1S/C4H10O.Br3P/c1-3-5-4-2;1-4(2)3/h3-4H2,1-2H3;. The van der Waals surface area contributed by atoms with Crippen LogP contribution in [-0.2, 0) is 4.74 Å². The first-order valence-corrected chi connectivity index (χ1v) is 9.90. The van der Waals surface area contributed by atoms with Gasteiger partial charge in [-0.15, -0.1) is 0 Å². The van der Waals surface area contributed by atoms with Gasteiger partial charge < -0.3 is 4.74 Å². The van der Waals surface area contributed by atoms with Crippen molar-refractivity contribution in [3.63, 3.8) is 0 Å². The van der Waals surface area contributed by atoms with E-state index in [1.165, 1.54) is 0 Å². The second kappa shape index (κ2) is 12.5. The third kappa shape index (κ3) is 41.1. The van der Waals surface area contributed by atoms with Crippen molar-refractivity contribution in [2.24, 2.45) is 0 Å². The summed E-state index contributed by atoms with van der Waals surface area (Å²) in [4.78, 5) is 0. The second-order valence-corrected chi connectivity index (χ2v) is 16.3. The molecular formula is C4H10Br3OP. The Morgan fingerprint density at radius 2 is 1.33 bits per heavy atom. The van der Waals surface area contributed by atoms with Crippen LogP contribution in [0.3, 0.4) is 0 Å². The molecule has 9 heavy (non-hydrogen) atoms. The summed E-state index contributed by atoms with van der Waals surface area (Å²) in [5.74, 6) is 0. The van der Waals surface area contributed by atoms with Crippen LogP contribution in [0.5, 0.6) is 0 Å². The Morgan fingerprint density at radius 1 is 1.11 bits per heavy atom. The Labute approximate surface area is 81.9 Å². The molecule has 0 aliphatic carbocycles. The molecule has 0 saturated carbocycles. The summed E-state index contributed by atoms with van der Waals surface area (Å²) >= 11 is 9.51. The van der Waals surface area contributed by atoms with Gasteiger partial charge in [-0.25, -0.2) is 0 Å². The smallest absolute Gasteiger partial charge is 0.103 e. The molecule has 5 heteroatoms. The molecule has 0 heterocycles. The normalized spacial score (nSPS) is 8.67. The third-order valence-electron chi connectivity index (χ3n) is 0.408. The number of rotatable bonds is 2. The maximum atomic E-state index is 4.83. The molecule has 0 rings (SSSR count). The van der Waals surface area contributed by atoms with Gasteiger partial charge in [0.05, 0.1) is 0 Å². The van der Waals surface area contributed by atoms with E-state index in [2.05, 4.69) is 46.5 Å². The maximum absolute atomic E-state index is 4.83. The summed E-state index contributed by atoms with van der Waals surface area (Å²) < 4.78 is 4.65. The highest BCUT2D eigenvalue weighted by atomic mass is 80.0. The van der Waals surface area contributed by atoms with Crippen LogP contribution >= 0.6 is 50.5 Å². The molecule has 0 aromatic rings. The first-order valence-electron chi connectivity index (χ1n) is 2.50. The van der Waals surface area contributed by atoms with E-state index >= 15 is 0 Å². The lowest BCUT2D eigenvalue weighted by Gasteiger charge is -1.86. The van der Waals surface area contributed by atoms with E-state index in [1.807, 2.05) is 13.8 Å². The molecular weight excluding hydrogens is 335 g/mol. The van der Waals surface area contributed by atoms with Gasteiger partial charge in [-0.05, 0) is 60.3 Å². The van der Waals surface area contributed by atoms with Gasteiger partial charge in [-0.3, -0.25) is 0 Å². The maximum Gasteiger partial charge on any atom is 0.103 e. The first-order chi connectivity index (χ1) is 4.15. The number of hydrogen-bond acceptors (Lipinski definition) is 1. The molecule has 0 saturated heterocycles. The quantitative estimate of drug-likeness (QED) is 0.673. The fourth-order valence-corrected chi connectivity index (χ4v) is 0.204. The predicted molar refractivity (Wildman–Crippen MR) is 55.9 cm³/mol. The molecule has 1 nitrogen and oxygen atoms in total. The lowest BCUT2D eigenvalue weighted by Crippen LogP contribution is -1.84.